The summed E-state index contributed by atoms with van der Waals surface area (Å²) >= 11 is 0. The summed E-state index contributed by atoms with van der Waals surface area (Å²) in [5.74, 6) is -0.172. The Balaban J connectivity index is 2.25. The largest absolute Gasteiger partial charge is 0.366 e. The van der Waals surface area contributed by atoms with Gasteiger partial charge < -0.3 is 10.3 Å². The summed E-state index contributed by atoms with van der Waals surface area (Å²) in [5, 5.41) is 2.59. The predicted molar refractivity (Wildman–Crippen MR) is 43.8 cm³/mol. The standard InChI is InChI=1S/C7H5F2N5/c8-5-12-6(9)14-7(13-5)11-4-1-2-10-3-4/h1-3,10H,(H,11,12,13,14). The second-order valence-electron chi connectivity index (χ2n) is 2.42. The van der Waals surface area contributed by atoms with E-state index >= 15 is 0 Å². The Morgan fingerprint density at radius 2 is 1.86 bits per heavy atom. The molecule has 2 aromatic rings. The van der Waals surface area contributed by atoms with Gasteiger partial charge in [-0.3, -0.25) is 0 Å². The highest BCUT2D eigenvalue weighted by Gasteiger charge is 2.05. The lowest BCUT2D eigenvalue weighted by atomic mass is 10.5. The Hall–Kier alpha value is -2.05. The molecule has 0 spiro atoms. The lowest BCUT2D eigenvalue weighted by Crippen LogP contribution is -2.03. The van der Waals surface area contributed by atoms with Gasteiger partial charge in [-0.2, -0.15) is 23.7 Å². The van der Waals surface area contributed by atoms with Crippen molar-refractivity contribution in [1.82, 2.24) is 19.9 Å². The first-order chi connectivity index (χ1) is 6.74. The van der Waals surface area contributed by atoms with E-state index in [1.165, 1.54) is 0 Å². The molecule has 0 saturated heterocycles. The van der Waals surface area contributed by atoms with Crippen LogP contribution in [0.5, 0.6) is 0 Å². The Bertz CT molecular complexity index is 407. The highest BCUT2D eigenvalue weighted by Crippen LogP contribution is 2.10. The van der Waals surface area contributed by atoms with Gasteiger partial charge in [0, 0.05) is 12.4 Å². The minimum Gasteiger partial charge on any atom is -0.366 e. The molecule has 7 heteroatoms. The lowest BCUT2D eigenvalue weighted by molar-refractivity contribution is 0.458. The van der Waals surface area contributed by atoms with Crippen LogP contribution in [0.1, 0.15) is 0 Å². The maximum Gasteiger partial charge on any atom is 0.315 e. The van der Waals surface area contributed by atoms with Gasteiger partial charge in [0.1, 0.15) is 0 Å². The van der Waals surface area contributed by atoms with Gasteiger partial charge in [-0.15, -0.1) is 0 Å². The molecule has 0 bridgehead atoms. The Labute approximate surface area is 77.2 Å². The summed E-state index contributed by atoms with van der Waals surface area (Å²) < 4.78 is 25.0. The molecular formula is C7H5F2N5. The van der Waals surface area contributed by atoms with Crippen LogP contribution in [0, 0.1) is 12.2 Å². The average molecular weight is 197 g/mol. The molecule has 2 rings (SSSR count). The van der Waals surface area contributed by atoms with E-state index < -0.39 is 12.2 Å². The number of halogens is 2. The van der Waals surface area contributed by atoms with Crippen molar-refractivity contribution in [2.24, 2.45) is 0 Å². The molecule has 5 nitrogen and oxygen atoms in total. The highest BCUT2D eigenvalue weighted by atomic mass is 19.1. The third-order valence-corrected chi connectivity index (χ3v) is 1.43. The molecule has 0 aliphatic carbocycles. The molecule has 0 amide bonds. The third-order valence-electron chi connectivity index (χ3n) is 1.43. The van der Waals surface area contributed by atoms with Crippen LogP contribution in [-0.2, 0) is 0 Å². The number of hydrogen-bond donors (Lipinski definition) is 2. The van der Waals surface area contributed by atoms with Crippen molar-refractivity contribution < 1.29 is 8.78 Å². The molecule has 0 aliphatic heterocycles. The third kappa shape index (κ3) is 1.82. The van der Waals surface area contributed by atoms with Crippen molar-refractivity contribution in [3.8, 4) is 0 Å². The SMILES string of the molecule is Fc1nc(F)nc(Nc2cc[nH]c2)n1. The van der Waals surface area contributed by atoms with Crippen molar-refractivity contribution in [3.05, 3.63) is 30.6 Å². The van der Waals surface area contributed by atoms with E-state index in [-0.39, 0.29) is 5.95 Å². The van der Waals surface area contributed by atoms with Gasteiger partial charge in [0.15, 0.2) is 0 Å². The van der Waals surface area contributed by atoms with Crippen LogP contribution in [0.25, 0.3) is 0 Å². The van der Waals surface area contributed by atoms with Crippen LogP contribution in [0.3, 0.4) is 0 Å². The molecule has 2 N–H and O–H groups in total. The van der Waals surface area contributed by atoms with Crippen molar-refractivity contribution in [1.29, 1.82) is 0 Å². The maximum atomic E-state index is 12.5. The molecule has 0 aromatic carbocycles. The quantitative estimate of drug-likeness (QED) is 0.759. The van der Waals surface area contributed by atoms with Gasteiger partial charge in [0.2, 0.25) is 5.95 Å². The molecule has 2 heterocycles. The molecule has 0 aliphatic rings. The van der Waals surface area contributed by atoms with Crippen molar-refractivity contribution in [2.45, 2.75) is 0 Å². The zero-order valence-corrected chi connectivity index (χ0v) is 6.83. The maximum absolute atomic E-state index is 12.5. The summed E-state index contributed by atoms with van der Waals surface area (Å²) in [6.07, 6.45) is 0.932. The summed E-state index contributed by atoms with van der Waals surface area (Å²) in [6.45, 7) is 0. The minimum atomic E-state index is -1.16. The van der Waals surface area contributed by atoms with Gasteiger partial charge in [0.05, 0.1) is 5.69 Å². The molecule has 0 saturated carbocycles. The monoisotopic (exact) mass is 197 g/mol. The number of anilines is 2. The molecule has 14 heavy (non-hydrogen) atoms. The normalized spacial score (nSPS) is 10.1. The fourth-order valence-electron chi connectivity index (χ4n) is 0.913. The second kappa shape index (κ2) is 3.36. The Morgan fingerprint density at radius 1 is 1.14 bits per heavy atom. The zero-order chi connectivity index (χ0) is 9.97. The lowest BCUT2D eigenvalue weighted by Gasteiger charge is -2.00. The van der Waals surface area contributed by atoms with Crippen LogP contribution in [0.15, 0.2) is 18.5 Å². The number of aromatic nitrogens is 4. The van der Waals surface area contributed by atoms with Crippen LogP contribution >= 0.6 is 0 Å². The van der Waals surface area contributed by atoms with Crippen molar-refractivity contribution >= 4 is 11.6 Å². The van der Waals surface area contributed by atoms with E-state index in [4.69, 9.17) is 0 Å². The summed E-state index contributed by atoms with van der Waals surface area (Å²) in [6, 6.07) is 1.67. The van der Waals surface area contributed by atoms with Gasteiger partial charge in [-0.25, -0.2) is 0 Å². The zero-order valence-electron chi connectivity index (χ0n) is 6.83. The number of nitrogens with zero attached hydrogens (tertiary/aromatic N) is 3. The van der Waals surface area contributed by atoms with Crippen molar-refractivity contribution in [2.75, 3.05) is 5.32 Å². The molecule has 2 aromatic heterocycles. The molecule has 0 unspecified atom stereocenters. The van der Waals surface area contributed by atoms with Crippen molar-refractivity contribution in [3.63, 3.8) is 0 Å². The number of H-pyrrole nitrogens is 1. The first kappa shape index (κ1) is 8.54. The Morgan fingerprint density at radius 3 is 2.43 bits per heavy atom. The first-order valence-corrected chi connectivity index (χ1v) is 3.71. The molecule has 0 fully saturated rings. The number of aromatic amines is 1. The summed E-state index contributed by atoms with van der Waals surface area (Å²) in [5.41, 5.74) is 0.606. The van der Waals surface area contributed by atoms with Crippen LogP contribution in [-0.4, -0.2) is 19.9 Å². The first-order valence-electron chi connectivity index (χ1n) is 3.71. The van der Waals surface area contributed by atoms with E-state index in [2.05, 4.69) is 25.3 Å². The van der Waals surface area contributed by atoms with E-state index in [1.54, 1.807) is 18.5 Å². The number of rotatable bonds is 2. The molecule has 0 atom stereocenters. The topological polar surface area (TPSA) is 66.5 Å². The summed E-state index contributed by atoms with van der Waals surface area (Å²) in [4.78, 5) is 12.0. The molecule has 72 valence electrons. The van der Waals surface area contributed by atoms with Crippen LogP contribution < -0.4 is 5.32 Å². The fourth-order valence-corrected chi connectivity index (χ4v) is 0.913. The number of nitrogens with one attached hydrogen (secondary N) is 2. The van der Waals surface area contributed by atoms with Gasteiger partial charge >= 0.3 is 12.2 Å². The highest BCUT2D eigenvalue weighted by molar-refractivity contribution is 5.50. The van der Waals surface area contributed by atoms with E-state index in [1.807, 2.05) is 0 Å². The molecular weight excluding hydrogens is 192 g/mol. The van der Waals surface area contributed by atoms with E-state index in [0.29, 0.717) is 5.69 Å². The second-order valence-corrected chi connectivity index (χ2v) is 2.42. The predicted octanol–water partition coefficient (Wildman–Crippen LogP) is 1.22. The van der Waals surface area contributed by atoms with Gasteiger partial charge in [-0.1, -0.05) is 0 Å². The fraction of sp³-hybridized carbons (Fsp3) is 0. The summed E-state index contributed by atoms with van der Waals surface area (Å²) in [7, 11) is 0. The van der Waals surface area contributed by atoms with Gasteiger partial charge in [-0.05, 0) is 6.07 Å². The van der Waals surface area contributed by atoms with Crippen LogP contribution in [0.4, 0.5) is 20.4 Å². The Kier molecular flexibility index (Phi) is 2.05. The van der Waals surface area contributed by atoms with E-state index in [0.717, 1.165) is 0 Å². The van der Waals surface area contributed by atoms with Crippen LogP contribution in [0.2, 0.25) is 0 Å². The molecule has 0 radical (unpaired) electrons. The average Bonchev–Trinajstić information content (AvgIpc) is 2.54. The smallest absolute Gasteiger partial charge is 0.315 e. The minimum absolute atomic E-state index is 0.172. The number of hydrogen-bond acceptors (Lipinski definition) is 4. The van der Waals surface area contributed by atoms with E-state index in [9.17, 15) is 8.78 Å². The van der Waals surface area contributed by atoms with Gasteiger partial charge in [0.25, 0.3) is 0 Å².